The van der Waals surface area contributed by atoms with Crippen molar-refractivity contribution in [1.29, 1.82) is 0 Å². The molecule has 0 aliphatic heterocycles. The molecule has 0 heterocycles. The van der Waals surface area contributed by atoms with Gasteiger partial charge in [-0.2, -0.15) is 43.9 Å². The van der Waals surface area contributed by atoms with Crippen molar-refractivity contribution in [3.8, 4) is 0 Å². The Morgan fingerprint density at radius 1 is 0.682 bits per heavy atom. The maximum absolute atomic E-state index is 13.1. The van der Waals surface area contributed by atoms with Gasteiger partial charge >= 0.3 is 30.0 Å². The number of rotatable bonds is 7. The molecule has 0 atom stereocenters. The Morgan fingerprint density at radius 2 is 1.09 bits per heavy atom. The highest BCUT2D eigenvalue weighted by molar-refractivity contribution is 5.10. The molecule has 0 spiro atoms. The zero-order chi connectivity index (χ0) is 18.0. The predicted octanol–water partition coefficient (Wildman–Crippen LogP) is 4.83. The summed E-state index contributed by atoms with van der Waals surface area (Å²) in [6.07, 6.45) is -14.2. The Hall–Kier alpha value is -0.810. The molecule has 0 radical (unpaired) electrons. The quantitative estimate of drug-likeness (QED) is 0.392. The van der Waals surface area contributed by atoms with E-state index >= 15 is 0 Å². The van der Waals surface area contributed by atoms with E-state index in [1.807, 2.05) is 0 Å². The number of hydrogen-bond acceptors (Lipinski definition) is 1. The zero-order valence-corrected chi connectivity index (χ0v) is 11.0. The fourth-order valence-corrected chi connectivity index (χ4v) is 1.46. The zero-order valence-electron chi connectivity index (χ0n) is 11.0. The van der Waals surface area contributed by atoms with Crippen LogP contribution < -0.4 is 5.32 Å². The summed E-state index contributed by atoms with van der Waals surface area (Å²) in [7, 11) is 0. The van der Waals surface area contributed by atoms with Crippen LogP contribution in [0.5, 0.6) is 0 Å². The van der Waals surface area contributed by atoms with Crippen molar-refractivity contribution in [2.75, 3.05) is 6.54 Å². The Kier molecular flexibility index (Phi) is 6.13. The highest BCUT2D eigenvalue weighted by atomic mass is 19.4. The van der Waals surface area contributed by atoms with Crippen LogP contribution in [0.1, 0.15) is 26.2 Å². The fraction of sp³-hybridized carbons (Fsp3) is 1.00. The monoisotopic (exact) mass is 355 g/mol. The first-order chi connectivity index (χ1) is 9.56. The van der Waals surface area contributed by atoms with Gasteiger partial charge in [-0.25, -0.2) is 4.39 Å². The summed E-state index contributed by atoms with van der Waals surface area (Å²) in [6, 6.07) is -6.06. The molecule has 1 N–H and O–H groups in total. The molecule has 0 rings (SSSR count). The first-order valence-corrected chi connectivity index (χ1v) is 5.89. The minimum Gasteiger partial charge on any atom is -0.253 e. The Bertz CT molecular complexity index is 343. The Balaban J connectivity index is 5.62. The van der Waals surface area contributed by atoms with Gasteiger partial charge in [-0.3, -0.25) is 5.32 Å². The molecule has 0 aliphatic rings. The summed E-state index contributed by atoms with van der Waals surface area (Å²) in [5, 5.41) is 0.561. The van der Waals surface area contributed by atoms with Gasteiger partial charge in [-0.15, -0.1) is 0 Å². The highest BCUT2D eigenvalue weighted by Crippen LogP contribution is 2.58. The largest absolute Gasteiger partial charge is 0.438 e. The molecule has 0 amide bonds. The van der Waals surface area contributed by atoms with Gasteiger partial charge in [-0.05, 0) is 6.42 Å². The number of nitrogens with one attached hydrogen (secondary N) is 1. The van der Waals surface area contributed by atoms with E-state index in [0.717, 1.165) is 0 Å². The minimum absolute atomic E-state index is 0.202. The second-order valence-corrected chi connectivity index (χ2v) is 4.44. The Labute approximate surface area is 117 Å². The van der Waals surface area contributed by atoms with Crippen molar-refractivity contribution in [1.82, 2.24) is 5.32 Å². The molecule has 0 fully saturated rings. The molecular formula is C10H12F11N. The van der Waals surface area contributed by atoms with Crippen molar-refractivity contribution in [2.24, 2.45) is 0 Å². The number of halogens is 11. The van der Waals surface area contributed by atoms with Crippen LogP contribution in [0, 0.1) is 0 Å². The minimum atomic E-state index is -7.39. The van der Waals surface area contributed by atoms with Gasteiger partial charge in [0.25, 0.3) is 0 Å². The molecule has 0 aromatic heterocycles. The van der Waals surface area contributed by atoms with Gasteiger partial charge in [0.2, 0.25) is 0 Å². The second-order valence-electron chi connectivity index (χ2n) is 4.44. The first kappa shape index (κ1) is 21.2. The van der Waals surface area contributed by atoms with Crippen LogP contribution >= 0.6 is 0 Å². The van der Waals surface area contributed by atoms with Crippen molar-refractivity contribution < 1.29 is 48.3 Å². The molecule has 134 valence electrons. The number of unbranched alkanes of at least 4 members (excludes halogenated alkanes) is 2. The summed E-state index contributed by atoms with van der Waals surface area (Å²) < 4.78 is 138. The van der Waals surface area contributed by atoms with Gasteiger partial charge in [0.15, 0.2) is 0 Å². The van der Waals surface area contributed by atoms with Gasteiger partial charge in [0.1, 0.15) is 0 Å². The van der Waals surface area contributed by atoms with E-state index < -0.39 is 36.5 Å². The summed E-state index contributed by atoms with van der Waals surface area (Å²) in [4.78, 5) is 0. The predicted molar refractivity (Wildman–Crippen MR) is 53.4 cm³/mol. The van der Waals surface area contributed by atoms with Crippen LogP contribution in [-0.4, -0.2) is 36.5 Å². The molecule has 12 heteroatoms. The molecule has 0 saturated carbocycles. The van der Waals surface area contributed by atoms with Gasteiger partial charge in [-0.1, -0.05) is 19.8 Å². The van der Waals surface area contributed by atoms with Crippen molar-refractivity contribution in [2.45, 2.75) is 56.2 Å². The third kappa shape index (κ3) is 3.57. The molecule has 0 bridgehead atoms. The molecular weight excluding hydrogens is 343 g/mol. The van der Waals surface area contributed by atoms with Crippen LogP contribution in [0.15, 0.2) is 0 Å². The average molecular weight is 355 g/mol. The van der Waals surface area contributed by atoms with Gasteiger partial charge < -0.3 is 0 Å². The molecule has 0 saturated heterocycles. The summed E-state index contributed by atoms with van der Waals surface area (Å²) >= 11 is 0. The smallest absolute Gasteiger partial charge is 0.253 e. The van der Waals surface area contributed by atoms with Crippen LogP contribution in [0.25, 0.3) is 0 Å². The van der Waals surface area contributed by atoms with Gasteiger partial charge in [0.05, 0.1) is 0 Å². The van der Waals surface area contributed by atoms with Crippen molar-refractivity contribution in [3.05, 3.63) is 0 Å². The van der Waals surface area contributed by atoms with E-state index in [2.05, 4.69) is 0 Å². The SMILES string of the molecule is CCCCCNC(F)(F)C(F)(F)C(F)(C(F)(F)F)C(F)(F)F. The topological polar surface area (TPSA) is 12.0 Å². The third-order valence-electron chi connectivity index (χ3n) is 2.74. The van der Waals surface area contributed by atoms with Crippen molar-refractivity contribution in [3.63, 3.8) is 0 Å². The van der Waals surface area contributed by atoms with Crippen LogP contribution in [0.4, 0.5) is 48.3 Å². The second kappa shape index (κ2) is 6.36. The maximum Gasteiger partial charge on any atom is 0.438 e. The standard InChI is InChI=1S/C10H12F11N/c1-2-3-4-5-22-10(20,21)7(12,13)6(11,8(14,15)16)9(17,18)19/h22H,2-5H2,1H3. The lowest BCUT2D eigenvalue weighted by atomic mass is 9.93. The lowest BCUT2D eigenvalue weighted by Gasteiger charge is -2.39. The lowest BCUT2D eigenvalue weighted by molar-refractivity contribution is -0.429. The molecule has 0 aromatic rings. The number of hydrogen-bond donors (Lipinski definition) is 1. The average Bonchev–Trinajstić information content (AvgIpc) is 2.30. The van der Waals surface area contributed by atoms with Crippen LogP contribution in [0.2, 0.25) is 0 Å². The molecule has 0 unspecified atom stereocenters. The van der Waals surface area contributed by atoms with Crippen LogP contribution in [0.3, 0.4) is 0 Å². The summed E-state index contributed by atoms with van der Waals surface area (Å²) in [6.45, 7) is 0.564. The number of alkyl halides is 11. The molecule has 0 aliphatic carbocycles. The lowest BCUT2D eigenvalue weighted by Crippen LogP contribution is -2.72. The van der Waals surface area contributed by atoms with E-state index in [1.54, 1.807) is 6.92 Å². The maximum atomic E-state index is 13.1. The van der Waals surface area contributed by atoms with E-state index in [0.29, 0.717) is 11.7 Å². The van der Waals surface area contributed by atoms with E-state index in [-0.39, 0.29) is 12.8 Å². The molecule has 0 aromatic carbocycles. The van der Waals surface area contributed by atoms with Gasteiger partial charge in [0, 0.05) is 6.54 Å². The Morgan fingerprint density at radius 3 is 1.41 bits per heavy atom. The summed E-state index contributed by atoms with van der Waals surface area (Å²) in [5.74, 6) is -7.09. The van der Waals surface area contributed by atoms with Crippen LogP contribution in [-0.2, 0) is 0 Å². The molecule has 1 nitrogen and oxygen atoms in total. The normalized spacial score (nSPS) is 15.3. The first-order valence-electron chi connectivity index (χ1n) is 5.89. The van der Waals surface area contributed by atoms with E-state index in [9.17, 15) is 48.3 Å². The third-order valence-corrected chi connectivity index (χ3v) is 2.74. The molecule has 22 heavy (non-hydrogen) atoms. The highest BCUT2D eigenvalue weighted by Gasteiger charge is 2.90. The summed E-state index contributed by atoms with van der Waals surface area (Å²) in [5.41, 5.74) is -7.39. The van der Waals surface area contributed by atoms with E-state index in [1.165, 1.54) is 0 Å². The van der Waals surface area contributed by atoms with E-state index in [4.69, 9.17) is 0 Å². The van der Waals surface area contributed by atoms with Crippen molar-refractivity contribution >= 4 is 0 Å². The fourth-order valence-electron chi connectivity index (χ4n) is 1.46.